The molecule has 3 heterocycles. The number of hydrogen-bond donors (Lipinski definition) is 2. The minimum atomic E-state index is -0.0387. The highest BCUT2D eigenvalue weighted by Crippen LogP contribution is 2.34. The number of nitrogens with zero attached hydrogens (tertiary/aromatic N) is 1. The Morgan fingerprint density at radius 3 is 2.75 bits per heavy atom. The molecular formula is C16H13N3O. The topological polar surface area (TPSA) is 61.5 Å². The van der Waals surface area contributed by atoms with Crippen LogP contribution < -0.4 is 5.56 Å². The largest absolute Gasteiger partial charge is 0.339 e. The molecule has 0 saturated carbocycles. The van der Waals surface area contributed by atoms with Gasteiger partial charge in [-0.15, -0.1) is 0 Å². The second kappa shape index (κ2) is 3.70. The zero-order valence-electron chi connectivity index (χ0n) is 11.2. The average Bonchev–Trinajstić information content (AvgIpc) is 2.84. The molecule has 0 spiro atoms. The molecule has 0 atom stereocenters. The molecule has 0 aliphatic heterocycles. The maximum absolute atomic E-state index is 12.2. The van der Waals surface area contributed by atoms with Crippen molar-refractivity contribution in [3.05, 3.63) is 52.1 Å². The fourth-order valence-corrected chi connectivity index (χ4v) is 3.12. The standard InChI is InChI=1S/C16H13N3O/c1-8-10-5-7-18-16(20)13(10)9(2)12-11-4-3-6-17-15(11)19-14(8)12/h3-7H,1-2H3,(H,17,19)(H,18,20). The number of nitrogens with one attached hydrogen (secondary N) is 2. The zero-order valence-corrected chi connectivity index (χ0v) is 11.2. The first-order valence-corrected chi connectivity index (χ1v) is 6.55. The van der Waals surface area contributed by atoms with E-state index < -0.39 is 0 Å². The van der Waals surface area contributed by atoms with Crippen LogP contribution in [0.4, 0.5) is 0 Å². The summed E-state index contributed by atoms with van der Waals surface area (Å²) in [6.45, 7) is 4.04. The average molecular weight is 263 g/mol. The van der Waals surface area contributed by atoms with Gasteiger partial charge < -0.3 is 9.97 Å². The molecule has 0 fully saturated rings. The van der Waals surface area contributed by atoms with Gasteiger partial charge in [0.25, 0.3) is 5.56 Å². The van der Waals surface area contributed by atoms with Crippen molar-refractivity contribution in [2.75, 3.05) is 0 Å². The van der Waals surface area contributed by atoms with Crippen LogP contribution in [0.25, 0.3) is 32.7 Å². The van der Waals surface area contributed by atoms with Crippen LogP contribution >= 0.6 is 0 Å². The highest BCUT2D eigenvalue weighted by molar-refractivity contribution is 6.15. The van der Waals surface area contributed by atoms with Crippen LogP contribution in [0.5, 0.6) is 0 Å². The number of aromatic amines is 2. The van der Waals surface area contributed by atoms with Gasteiger partial charge in [-0.2, -0.15) is 0 Å². The number of aryl methyl sites for hydroxylation is 2. The van der Waals surface area contributed by atoms with Crippen LogP contribution in [0.2, 0.25) is 0 Å². The predicted molar refractivity (Wildman–Crippen MR) is 81.2 cm³/mol. The van der Waals surface area contributed by atoms with Crippen molar-refractivity contribution >= 4 is 32.7 Å². The Morgan fingerprint density at radius 2 is 1.90 bits per heavy atom. The molecule has 0 amide bonds. The summed E-state index contributed by atoms with van der Waals surface area (Å²) in [4.78, 5) is 22.7. The number of pyridine rings is 2. The summed E-state index contributed by atoms with van der Waals surface area (Å²) in [5.74, 6) is 0. The van der Waals surface area contributed by atoms with Crippen molar-refractivity contribution in [2.45, 2.75) is 13.8 Å². The Bertz CT molecular complexity index is 1040. The molecule has 4 heteroatoms. The molecule has 4 rings (SSSR count). The summed E-state index contributed by atoms with van der Waals surface area (Å²) in [6.07, 6.45) is 3.47. The zero-order chi connectivity index (χ0) is 13.9. The van der Waals surface area contributed by atoms with Gasteiger partial charge in [0.15, 0.2) is 0 Å². The van der Waals surface area contributed by atoms with E-state index in [0.29, 0.717) is 0 Å². The first-order valence-electron chi connectivity index (χ1n) is 6.55. The fraction of sp³-hybridized carbons (Fsp3) is 0.125. The molecule has 0 bridgehead atoms. The maximum Gasteiger partial charge on any atom is 0.256 e. The van der Waals surface area contributed by atoms with Crippen molar-refractivity contribution in [1.29, 1.82) is 0 Å². The van der Waals surface area contributed by atoms with E-state index in [4.69, 9.17) is 0 Å². The SMILES string of the molecule is Cc1c2cc[nH]c(=O)c2c(C)c2c1[nH]c1ncccc12. The number of fused-ring (bicyclic) bond motifs is 4. The van der Waals surface area contributed by atoms with E-state index in [1.165, 1.54) is 0 Å². The van der Waals surface area contributed by atoms with Crippen LogP contribution in [0, 0.1) is 13.8 Å². The first kappa shape index (κ1) is 11.2. The van der Waals surface area contributed by atoms with Crippen molar-refractivity contribution in [1.82, 2.24) is 15.0 Å². The van der Waals surface area contributed by atoms with Gasteiger partial charge in [0, 0.05) is 23.2 Å². The van der Waals surface area contributed by atoms with Crippen molar-refractivity contribution in [3.8, 4) is 0 Å². The third kappa shape index (κ3) is 1.25. The molecule has 98 valence electrons. The molecule has 0 aliphatic rings. The van der Waals surface area contributed by atoms with E-state index >= 15 is 0 Å². The van der Waals surface area contributed by atoms with Crippen LogP contribution in [-0.2, 0) is 0 Å². The molecule has 4 nitrogen and oxygen atoms in total. The third-order valence-electron chi connectivity index (χ3n) is 4.06. The van der Waals surface area contributed by atoms with E-state index in [1.807, 2.05) is 32.0 Å². The van der Waals surface area contributed by atoms with Gasteiger partial charge in [-0.1, -0.05) is 0 Å². The summed E-state index contributed by atoms with van der Waals surface area (Å²) in [6, 6.07) is 5.91. The Hall–Kier alpha value is -2.62. The number of H-pyrrole nitrogens is 2. The molecule has 3 aromatic heterocycles. The molecule has 1 aromatic carbocycles. The van der Waals surface area contributed by atoms with Gasteiger partial charge in [0.2, 0.25) is 0 Å². The van der Waals surface area contributed by atoms with E-state index in [9.17, 15) is 4.79 Å². The number of aromatic nitrogens is 3. The Morgan fingerprint density at radius 1 is 1.05 bits per heavy atom. The van der Waals surface area contributed by atoms with Crippen molar-refractivity contribution in [3.63, 3.8) is 0 Å². The summed E-state index contributed by atoms with van der Waals surface area (Å²) in [7, 11) is 0. The van der Waals surface area contributed by atoms with Crippen molar-refractivity contribution in [2.24, 2.45) is 0 Å². The summed E-state index contributed by atoms with van der Waals surface area (Å²) in [5, 5.41) is 3.91. The smallest absolute Gasteiger partial charge is 0.256 e. The van der Waals surface area contributed by atoms with E-state index in [1.54, 1.807) is 12.4 Å². The summed E-state index contributed by atoms with van der Waals surface area (Å²) in [5.41, 5.74) is 3.98. The van der Waals surface area contributed by atoms with Gasteiger partial charge in [-0.3, -0.25) is 4.79 Å². The van der Waals surface area contributed by atoms with E-state index in [-0.39, 0.29) is 5.56 Å². The van der Waals surface area contributed by atoms with Crippen LogP contribution in [0.3, 0.4) is 0 Å². The lowest BCUT2D eigenvalue weighted by atomic mass is 9.97. The van der Waals surface area contributed by atoms with Gasteiger partial charge in [0.05, 0.1) is 10.9 Å². The molecule has 0 saturated heterocycles. The van der Waals surface area contributed by atoms with Gasteiger partial charge >= 0.3 is 0 Å². The molecule has 0 aliphatic carbocycles. The molecule has 0 radical (unpaired) electrons. The third-order valence-corrected chi connectivity index (χ3v) is 4.06. The van der Waals surface area contributed by atoms with Crippen molar-refractivity contribution < 1.29 is 0 Å². The predicted octanol–water partition coefficient (Wildman–Crippen LogP) is 3.17. The molecule has 0 unspecified atom stereocenters. The lowest BCUT2D eigenvalue weighted by Crippen LogP contribution is -2.07. The fourth-order valence-electron chi connectivity index (χ4n) is 3.12. The summed E-state index contributed by atoms with van der Waals surface area (Å²) < 4.78 is 0. The van der Waals surface area contributed by atoms with Gasteiger partial charge in [0.1, 0.15) is 5.65 Å². The van der Waals surface area contributed by atoms with Gasteiger partial charge in [-0.25, -0.2) is 4.98 Å². The minimum absolute atomic E-state index is 0.0387. The van der Waals surface area contributed by atoms with Gasteiger partial charge in [-0.05, 0) is 48.6 Å². The normalized spacial score (nSPS) is 11.7. The highest BCUT2D eigenvalue weighted by atomic mass is 16.1. The number of benzene rings is 1. The highest BCUT2D eigenvalue weighted by Gasteiger charge is 2.15. The molecule has 4 aromatic rings. The van der Waals surface area contributed by atoms with E-state index in [0.717, 1.165) is 43.8 Å². The molecule has 2 N–H and O–H groups in total. The molecular weight excluding hydrogens is 250 g/mol. The second-order valence-electron chi connectivity index (χ2n) is 5.12. The number of rotatable bonds is 0. The molecule has 20 heavy (non-hydrogen) atoms. The Balaban J connectivity index is 2.44. The quantitative estimate of drug-likeness (QED) is 0.512. The lowest BCUT2D eigenvalue weighted by molar-refractivity contribution is 1.27. The lowest BCUT2D eigenvalue weighted by Gasteiger charge is -2.07. The monoisotopic (exact) mass is 263 g/mol. The Labute approximate surface area is 114 Å². The van der Waals surface area contributed by atoms with Crippen LogP contribution in [0.15, 0.2) is 35.4 Å². The maximum atomic E-state index is 12.2. The second-order valence-corrected chi connectivity index (χ2v) is 5.12. The Kier molecular flexibility index (Phi) is 2.07. The minimum Gasteiger partial charge on any atom is -0.339 e. The van der Waals surface area contributed by atoms with Crippen LogP contribution in [0.1, 0.15) is 11.1 Å². The van der Waals surface area contributed by atoms with E-state index in [2.05, 4.69) is 15.0 Å². The number of hydrogen-bond acceptors (Lipinski definition) is 2. The summed E-state index contributed by atoms with van der Waals surface area (Å²) >= 11 is 0. The first-order chi connectivity index (χ1) is 9.68. The van der Waals surface area contributed by atoms with Crippen LogP contribution in [-0.4, -0.2) is 15.0 Å².